The molecule has 0 rings (SSSR count). The number of hydrogen-bond acceptors (Lipinski definition) is 3. The van der Waals surface area contributed by atoms with Crippen molar-refractivity contribution in [2.45, 2.75) is 59.2 Å². The topological polar surface area (TPSA) is 35.5 Å². The van der Waals surface area contributed by atoms with Gasteiger partial charge in [0.05, 0.1) is 6.61 Å². The summed E-state index contributed by atoms with van der Waals surface area (Å²) in [4.78, 5) is 11.6. The normalized spacial score (nSPS) is 13.1. The van der Waals surface area contributed by atoms with E-state index in [1.54, 1.807) is 13.8 Å². The van der Waals surface area contributed by atoms with Crippen LogP contribution >= 0.6 is 11.6 Å². The molecule has 0 aliphatic carbocycles. The molecular weight excluding hydrogens is 304 g/mol. The highest BCUT2D eigenvalue weighted by Gasteiger charge is 2.36. The van der Waals surface area contributed by atoms with Gasteiger partial charge in [-0.25, -0.2) is 4.79 Å². The molecule has 0 unspecified atom stereocenters. The van der Waals surface area contributed by atoms with Crippen LogP contribution < -0.4 is 0 Å². The van der Waals surface area contributed by atoms with E-state index >= 15 is 0 Å². The van der Waals surface area contributed by atoms with Gasteiger partial charge >= 0.3 is 5.97 Å². The minimum Gasteiger partial charge on any atom is -0.462 e. The van der Waals surface area contributed by atoms with Crippen LogP contribution in [0.2, 0.25) is 18.1 Å². The van der Waals surface area contributed by atoms with Crippen molar-refractivity contribution >= 4 is 25.9 Å². The summed E-state index contributed by atoms with van der Waals surface area (Å²) in [6.07, 6.45) is 0.569. The Kier molecular flexibility index (Phi) is 8.31. The van der Waals surface area contributed by atoms with Crippen molar-refractivity contribution in [1.82, 2.24) is 0 Å². The molecule has 0 saturated carbocycles. The number of carbonyl (C=O) groups is 1. The third kappa shape index (κ3) is 7.17. The standard InChI is InChI=1S/C16H27ClO3Si/c1-8-19-15(18)14(13(2)17)11-9-10-12-20-21(6,7)16(3,4)5/h8,10,12H2,1-7H3/b14-13-. The molecular formula is C16H27ClO3Si. The predicted octanol–water partition coefficient (Wildman–Crippen LogP) is 4.48. The zero-order valence-electron chi connectivity index (χ0n) is 14.2. The fourth-order valence-corrected chi connectivity index (χ4v) is 2.38. The Labute approximate surface area is 135 Å². The molecule has 0 radical (unpaired) electrons. The van der Waals surface area contributed by atoms with Gasteiger partial charge in [-0.3, -0.25) is 0 Å². The summed E-state index contributed by atoms with van der Waals surface area (Å²) < 4.78 is 10.9. The molecule has 0 amide bonds. The number of halogens is 1. The summed E-state index contributed by atoms with van der Waals surface area (Å²) in [5.74, 6) is 5.25. The lowest BCUT2D eigenvalue weighted by Crippen LogP contribution is -2.40. The van der Waals surface area contributed by atoms with Crippen molar-refractivity contribution in [3.63, 3.8) is 0 Å². The van der Waals surface area contributed by atoms with Crippen LogP contribution in [-0.2, 0) is 14.0 Å². The van der Waals surface area contributed by atoms with E-state index in [0.717, 1.165) is 0 Å². The molecule has 0 aromatic rings. The maximum atomic E-state index is 11.6. The van der Waals surface area contributed by atoms with Gasteiger partial charge in [-0.05, 0) is 32.0 Å². The number of esters is 1. The van der Waals surface area contributed by atoms with Gasteiger partial charge in [-0.1, -0.05) is 44.2 Å². The van der Waals surface area contributed by atoms with Crippen LogP contribution in [0.15, 0.2) is 10.6 Å². The number of carbonyl (C=O) groups excluding carboxylic acids is 1. The van der Waals surface area contributed by atoms with E-state index in [1.165, 1.54) is 0 Å². The minimum absolute atomic E-state index is 0.184. The van der Waals surface area contributed by atoms with Crippen LogP contribution in [-0.4, -0.2) is 27.5 Å². The van der Waals surface area contributed by atoms with E-state index in [9.17, 15) is 4.79 Å². The zero-order chi connectivity index (χ0) is 16.7. The molecule has 5 heteroatoms. The average Bonchev–Trinajstić information content (AvgIpc) is 2.31. The van der Waals surface area contributed by atoms with E-state index < -0.39 is 14.3 Å². The van der Waals surface area contributed by atoms with E-state index in [1.807, 2.05) is 0 Å². The summed E-state index contributed by atoms with van der Waals surface area (Å²) in [5.41, 5.74) is 0.228. The molecule has 0 aromatic heterocycles. The maximum absolute atomic E-state index is 11.6. The zero-order valence-corrected chi connectivity index (χ0v) is 16.0. The van der Waals surface area contributed by atoms with E-state index in [2.05, 4.69) is 45.7 Å². The fraction of sp³-hybridized carbons (Fsp3) is 0.688. The molecule has 0 aliphatic heterocycles. The molecule has 0 heterocycles. The first-order chi connectivity index (χ1) is 9.53. The first kappa shape index (κ1) is 20.2. The molecule has 0 spiro atoms. The van der Waals surface area contributed by atoms with Gasteiger partial charge in [0.1, 0.15) is 5.57 Å². The summed E-state index contributed by atoms with van der Waals surface area (Å²) in [5, 5.41) is 0.537. The van der Waals surface area contributed by atoms with Crippen molar-refractivity contribution in [2.75, 3.05) is 13.2 Å². The van der Waals surface area contributed by atoms with Gasteiger partial charge in [0.15, 0.2) is 8.32 Å². The number of rotatable bonds is 5. The van der Waals surface area contributed by atoms with Crippen LogP contribution in [0.4, 0.5) is 0 Å². The van der Waals surface area contributed by atoms with Crippen molar-refractivity contribution in [3.8, 4) is 11.8 Å². The molecule has 0 aliphatic rings. The summed E-state index contributed by atoms with van der Waals surface area (Å²) >= 11 is 5.87. The molecule has 0 aromatic carbocycles. The second kappa shape index (κ2) is 8.62. The first-order valence-electron chi connectivity index (χ1n) is 7.19. The van der Waals surface area contributed by atoms with Crippen molar-refractivity contribution < 1.29 is 14.0 Å². The molecule has 0 saturated heterocycles. The number of hydrogen-bond donors (Lipinski definition) is 0. The third-order valence-corrected chi connectivity index (χ3v) is 8.26. The highest BCUT2D eigenvalue weighted by molar-refractivity contribution is 6.74. The van der Waals surface area contributed by atoms with Gasteiger partial charge in [0.2, 0.25) is 0 Å². The van der Waals surface area contributed by atoms with Crippen molar-refractivity contribution in [1.29, 1.82) is 0 Å². The lowest BCUT2D eigenvalue weighted by atomic mass is 10.2. The monoisotopic (exact) mass is 330 g/mol. The Morgan fingerprint density at radius 2 is 1.86 bits per heavy atom. The van der Waals surface area contributed by atoms with Crippen molar-refractivity contribution in [2.24, 2.45) is 0 Å². The maximum Gasteiger partial charge on any atom is 0.347 e. The van der Waals surface area contributed by atoms with Gasteiger partial charge in [0.25, 0.3) is 0 Å². The highest BCUT2D eigenvalue weighted by Crippen LogP contribution is 2.36. The Balaban J connectivity index is 4.55. The van der Waals surface area contributed by atoms with Crippen LogP contribution in [0.5, 0.6) is 0 Å². The minimum atomic E-state index is -1.74. The number of allylic oxidation sites excluding steroid dienone is 1. The lowest BCUT2D eigenvalue weighted by molar-refractivity contribution is -0.138. The van der Waals surface area contributed by atoms with Crippen LogP contribution in [0.25, 0.3) is 0 Å². The predicted molar refractivity (Wildman–Crippen MR) is 90.7 cm³/mol. The Morgan fingerprint density at radius 1 is 1.29 bits per heavy atom. The van der Waals surface area contributed by atoms with E-state index in [-0.39, 0.29) is 10.6 Å². The Bertz CT molecular complexity index is 446. The Hall–Kier alpha value is -0.763. The second-order valence-corrected chi connectivity index (χ2v) is 11.7. The smallest absolute Gasteiger partial charge is 0.347 e. The van der Waals surface area contributed by atoms with E-state index in [0.29, 0.717) is 24.7 Å². The molecule has 21 heavy (non-hydrogen) atoms. The third-order valence-electron chi connectivity index (χ3n) is 3.53. The van der Waals surface area contributed by atoms with Gasteiger partial charge < -0.3 is 9.16 Å². The quantitative estimate of drug-likeness (QED) is 0.245. The highest BCUT2D eigenvalue weighted by atomic mass is 35.5. The average molecular weight is 331 g/mol. The second-order valence-electron chi connectivity index (χ2n) is 6.29. The molecule has 3 nitrogen and oxygen atoms in total. The largest absolute Gasteiger partial charge is 0.462 e. The van der Waals surface area contributed by atoms with Crippen molar-refractivity contribution in [3.05, 3.63) is 10.6 Å². The molecule has 0 atom stereocenters. The van der Waals surface area contributed by atoms with Gasteiger partial charge in [-0.15, -0.1) is 0 Å². The summed E-state index contributed by atoms with van der Waals surface area (Å²) in [7, 11) is -1.74. The molecule has 0 N–H and O–H groups in total. The molecule has 0 fully saturated rings. The first-order valence-corrected chi connectivity index (χ1v) is 10.5. The van der Waals surface area contributed by atoms with Gasteiger partial charge in [-0.2, -0.15) is 0 Å². The van der Waals surface area contributed by atoms with Crippen LogP contribution in [0.3, 0.4) is 0 Å². The SMILES string of the molecule is CCOC(=O)/C(C#CCCO[Si](C)(C)C(C)(C)C)=C(/C)Cl. The molecule has 0 bridgehead atoms. The fourth-order valence-electron chi connectivity index (χ4n) is 1.21. The van der Waals surface area contributed by atoms with Gasteiger partial charge in [0, 0.05) is 18.1 Å². The number of ether oxygens (including phenoxy) is 1. The van der Waals surface area contributed by atoms with Crippen LogP contribution in [0, 0.1) is 11.8 Å². The van der Waals surface area contributed by atoms with E-state index in [4.69, 9.17) is 20.8 Å². The van der Waals surface area contributed by atoms with Crippen LogP contribution in [0.1, 0.15) is 41.0 Å². The summed E-state index contributed by atoms with van der Waals surface area (Å²) in [6.45, 7) is 15.3. The lowest BCUT2D eigenvalue weighted by Gasteiger charge is -2.35. The molecule has 120 valence electrons. The Morgan fingerprint density at radius 3 is 2.29 bits per heavy atom. The summed E-state index contributed by atoms with van der Waals surface area (Å²) in [6, 6.07) is 0.